The third-order valence-corrected chi connectivity index (χ3v) is 8.33. The molecule has 4 aromatic rings. The summed E-state index contributed by atoms with van der Waals surface area (Å²) in [5.74, 6) is -1.43. The molecule has 2 aromatic heterocycles. The monoisotopic (exact) mass is 599 g/mol. The summed E-state index contributed by atoms with van der Waals surface area (Å²) in [6.07, 6.45) is 4.70. The lowest BCUT2D eigenvalue weighted by Crippen LogP contribution is -2.33. The number of amides is 2. The Bertz CT molecular complexity index is 1960. The van der Waals surface area contributed by atoms with Crippen molar-refractivity contribution in [3.63, 3.8) is 0 Å². The number of hydrogen-bond donors (Lipinski definition) is 1. The number of rotatable bonds is 8. The van der Waals surface area contributed by atoms with Crippen LogP contribution in [0.5, 0.6) is 11.5 Å². The molecular formula is C33H29NO10. The molecule has 6 rings (SSSR count). The molecule has 1 saturated heterocycles. The van der Waals surface area contributed by atoms with E-state index in [0.29, 0.717) is 51.6 Å². The number of phenols is 1. The number of fused-ring (bicyclic) bond motifs is 3. The maximum Gasteiger partial charge on any atom is 0.336 e. The summed E-state index contributed by atoms with van der Waals surface area (Å²) >= 11 is 0. The van der Waals surface area contributed by atoms with Gasteiger partial charge in [-0.05, 0) is 51.0 Å². The minimum Gasteiger partial charge on any atom is -0.508 e. The van der Waals surface area contributed by atoms with Gasteiger partial charge in [0, 0.05) is 51.7 Å². The maximum absolute atomic E-state index is 12.6. The Labute approximate surface area is 250 Å². The van der Waals surface area contributed by atoms with E-state index in [9.17, 15) is 29.1 Å². The van der Waals surface area contributed by atoms with Crippen molar-refractivity contribution < 1.29 is 37.8 Å². The third kappa shape index (κ3) is 5.25. The number of imide groups is 1. The SMILES string of the molecule is Cc1c(O)ccc2c(COc3ccc4c(COC(=O)CCN5C(=O)[C@H]6CC=CC[C@H]6C5=O)cc(=O)oc4c3C)cc(=O)oc12. The van der Waals surface area contributed by atoms with Crippen molar-refractivity contribution in [3.05, 3.63) is 91.6 Å². The highest BCUT2D eigenvalue weighted by Crippen LogP contribution is 2.35. The number of ether oxygens (including phenoxy) is 2. The van der Waals surface area contributed by atoms with Crippen molar-refractivity contribution in [2.75, 3.05) is 6.54 Å². The summed E-state index contributed by atoms with van der Waals surface area (Å²) < 4.78 is 22.2. The molecule has 0 bridgehead atoms. The van der Waals surface area contributed by atoms with Gasteiger partial charge in [0.05, 0.1) is 18.3 Å². The highest BCUT2D eigenvalue weighted by molar-refractivity contribution is 6.05. The molecule has 1 aliphatic heterocycles. The average molecular weight is 600 g/mol. The molecular weight excluding hydrogens is 570 g/mol. The van der Waals surface area contributed by atoms with Crippen molar-refractivity contribution in [1.29, 1.82) is 0 Å². The topological polar surface area (TPSA) is 154 Å². The van der Waals surface area contributed by atoms with Crippen LogP contribution in [-0.4, -0.2) is 34.3 Å². The average Bonchev–Trinajstić information content (AvgIpc) is 3.25. The number of esters is 1. The molecule has 0 unspecified atom stereocenters. The van der Waals surface area contributed by atoms with Crippen LogP contribution in [-0.2, 0) is 32.3 Å². The molecule has 2 aliphatic rings. The second kappa shape index (κ2) is 11.5. The fourth-order valence-corrected chi connectivity index (χ4v) is 5.90. The summed E-state index contributed by atoms with van der Waals surface area (Å²) in [5.41, 5.74) is 1.23. The van der Waals surface area contributed by atoms with E-state index in [4.69, 9.17) is 18.3 Å². The number of aromatic hydroxyl groups is 1. The lowest BCUT2D eigenvalue weighted by Gasteiger charge is -2.15. The maximum atomic E-state index is 12.6. The first-order chi connectivity index (χ1) is 21.1. The van der Waals surface area contributed by atoms with E-state index in [1.807, 2.05) is 12.2 Å². The third-order valence-electron chi connectivity index (χ3n) is 8.33. The molecule has 1 fully saturated rings. The van der Waals surface area contributed by atoms with Crippen LogP contribution in [0.3, 0.4) is 0 Å². The summed E-state index contributed by atoms with van der Waals surface area (Å²) in [6, 6.07) is 9.09. The first kappa shape index (κ1) is 28.9. The summed E-state index contributed by atoms with van der Waals surface area (Å²) in [7, 11) is 0. The molecule has 1 N–H and O–H groups in total. The second-order valence-electron chi connectivity index (χ2n) is 11.0. The van der Waals surface area contributed by atoms with E-state index in [1.54, 1.807) is 32.0 Å². The van der Waals surface area contributed by atoms with Gasteiger partial charge in [-0.15, -0.1) is 0 Å². The van der Waals surface area contributed by atoms with Crippen LogP contribution in [0.15, 0.2) is 67.0 Å². The highest BCUT2D eigenvalue weighted by atomic mass is 16.5. The van der Waals surface area contributed by atoms with Crippen LogP contribution in [0, 0.1) is 25.7 Å². The standard InChI is InChI=1S/C33H29NO10/c1-17-25(35)9-7-21-19(13-28(37)43-30(17)21)15-41-26-10-8-22-20(14-29(38)44-31(22)18(26)2)16-42-27(36)11-12-34-32(39)23-5-3-4-6-24(23)33(34)40/h3-4,7-10,13-14,23-24,35H,5-6,11-12,15-16H2,1-2H3/t23-,24+. The molecule has 2 atom stereocenters. The molecule has 11 nitrogen and oxygen atoms in total. The van der Waals surface area contributed by atoms with Gasteiger partial charge in [0.25, 0.3) is 0 Å². The van der Waals surface area contributed by atoms with Gasteiger partial charge >= 0.3 is 17.2 Å². The Morgan fingerprint density at radius 2 is 1.41 bits per heavy atom. The number of aryl methyl sites for hydroxylation is 2. The van der Waals surface area contributed by atoms with Crippen molar-refractivity contribution in [2.45, 2.75) is 46.3 Å². The zero-order chi connectivity index (χ0) is 31.1. The van der Waals surface area contributed by atoms with Gasteiger partial charge in [0.15, 0.2) is 0 Å². The first-order valence-electron chi connectivity index (χ1n) is 14.2. The normalized spacial score (nSPS) is 17.8. The van der Waals surface area contributed by atoms with Gasteiger partial charge in [-0.3, -0.25) is 19.3 Å². The molecule has 226 valence electrons. The Morgan fingerprint density at radius 3 is 2.05 bits per heavy atom. The van der Waals surface area contributed by atoms with E-state index in [0.717, 1.165) is 4.90 Å². The number of benzene rings is 2. The molecule has 1 aliphatic carbocycles. The molecule has 0 saturated carbocycles. The Morgan fingerprint density at radius 1 is 0.841 bits per heavy atom. The van der Waals surface area contributed by atoms with Gasteiger partial charge in [-0.25, -0.2) is 9.59 Å². The first-order valence-corrected chi connectivity index (χ1v) is 14.2. The van der Waals surface area contributed by atoms with E-state index in [2.05, 4.69) is 0 Å². The van der Waals surface area contributed by atoms with Crippen molar-refractivity contribution in [2.24, 2.45) is 11.8 Å². The second-order valence-corrected chi connectivity index (χ2v) is 11.0. The molecule has 0 spiro atoms. The largest absolute Gasteiger partial charge is 0.508 e. The Kier molecular flexibility index (Phi) is 7.54. The van der Waals surface area contributed by atoms with Crippen molar-refractivity contribution in [3.8, 4) is 11.5 Å². The molecule has 2 aromatic carbocycles. The predicted molar refractivity (Wildman–Crippen MR) is 157 cm³/mol. The lowest BCUT2D eigenvalue weighted by molar-refractivity contribution is -0.146. The minimum atomic E-state index is -0.643. The van der Waals surface area contributed by atoms with Gasteiger partial charge < -0.3 is 23.4 Å². The van der Waals surface area contributed by atoms with Crippen molar-refractivity contribution >= 4 is 39.7 Å². The number of allylic oxidation sites excluding steroid dienone is 2. The van der Waals surface area contributed by atoms with Crippen LogP contribution in [0.4, 0.5) is 0 Å². The molecule has 0 radical (unpaired) electrons. The lowest BCUT2D eigenvalue weighted by atomic mass is 9.85. The summed E-state index contributed by atoms with van der Waals surface area (Å²) in [6.45, 7) is 3.09. The van der Waals surface area contributed by atoms with E-state index in [1.165, 1.54) is 18.2 Å². The molecule has 3 heterocycles. The number of phenolic OH excluding ortho intramolecular Hbond substituents is 1. The van der Waals surface area contributed by atoms with Gasteiger partial charge in [0.2, 0.25) is 11.8 Å². The minimum absolute atomic E-state index is 0.000225. The summed E-state index contributed by atoms with van der Waals surface area (Å²) in [5, 5.41) is 11.2. The van der Waals surface area contributed by atoms with Crippen molar-refractivity contribution in [1.82, 2.24) is 4.90 Å². The fourth-order valence-electron chi connectivity index (χ4n) is 5.90. The summed E-state index contributed by atoms with van der Waals surface area (Å²) in [4.78, 5) is 63.6. The zero-order valence-corrected chi connectivity index (χ0v) is 24.1. The predicted octanol–water partition coefficient (Wildman–Crippen LogP) is 4.19. The number of likely N-dealkylation sites (tertiary alicyclic amines) is 1. The van der Waals surface area contributed by atoms with Gasteiger partial charge in [-0.2, -0.15) is 0 Å². The van der Waals surface area contributed by atoms with Crippen LogP contribution in [0.1, 0.15) is 41.5 Å². The number of carbonyl (C=O) groups is 3. The van der Waals surface area contributed by atoms with Gasteiger partial charge in [0.1, 0.15) is 35.9 Å². The van der Waals surface area contributed by atoms with E-state index < -0.39 is 17.2 Å². The van der Waals surface area contributed by atoms with Crippen LogP contribution in [0.25, 0.3) is 21.9 Å². The number of nitrogens with zero attached hydrogens (tertiary/aromatic N) is 1. The zero-order valence-electron chi connectivity index (χ0n) is 24.1. The number of carbonyl (C=O) groups excluding carboxylic acids is 3. The van der Waals surface area contributed by atoms with E-state index in [-0.39, 0.29) is 66.7 Å². The quantitative estimate of drug-likeness (QED) is 0.135. The van der Waals surface area contributed by atoms with Crippen LogP contribution in [0.2, 0.25) is 0 Å². The Balaban J connectivity index is 1.15. The molecule has 2 amide bonds. The molecule has 44 heavy (non-hydrogen) atoms. The number of hydrogen-bond acceptors (Lipinski definition) is 10. The van der Waals surface area contributed by atoms with Crippen LogP contribution >= 0.6 is 0 Å². The van der Waals surface area contributed by atoms with Crippen LogP contribution < -0.4 is 16.0 Å². The van der Waals surface area contributed by atoms with Gasteiger partial charge in [-0.1, -0.05) is 12.2 Å². The van der Waals surface area contributed by atoms with E-state index >= 15 is 0 Å². The smallest absolute Gasteiger partial charge is 0.336 e. The molecule has 11 heteroatoms. The highest BCUT2D eigenvalue weighted by Gasteiger charge is 2.47. The fraction of sp³-hybridized carbons (Fsp3) is 0.303. The Hall–Kier alpha value is -5.19.